The fourth-order valence-corrected chi connectivity index (χ4v) is 3.49. The third-order valence-electron chi connectivity index (χ3n) is 4.24. The van der Waals surface area contributed by atoms with Crippen LogP contribution in [-0.2, 0) is 6.54 Å². The molecule has 0 radical (unpaired) electrons. The van der Waals surface area contributed by atoms with Gasteiger partial charge in [-0.05, 0) is 29.2 Å². The van der Waals surface area contributed by atoms with Crippen molar-refractivity contribution < 1.29 is 0 Å². The first kappa shape index (κ1) is 13.4. The molecular weight excluding hydrogens is 246 g/mol. The number of nitrogens with zero attached hydrogens (tertiary/aromatic N) is 2. The number of nitrogens with two attached hydrogens (primary N) is 1. The van der Waals surface area contributed by atoms with Crippen LogP contribution in [0.25, 0.3) is 10.8 Å². The summed E-state index contributed by atoms with van der Waals surface area (Å²) in [5.41, 5.74) is 6.96. The van der Waals surface area contributed by atoms with Crippen LogP contribution in [0.15, 0.2) is 30.5 Å². The molecule has 3 nitrogen and oxygen atoms in total. The van der Waals surface area contributed by atoms with E-state index in [0.29, 0.717) is 6.54 Å². The van der Waals surface area contributed by atoms with Gasteiger partial charge in [-0.15, -0.1) is 0 Å². The maximum absolute atomic E-state index is 5.83. The summed E-state index contributed by atoms with van der Waals surface area (Å²) in [7, 11) is 0. The van der Waals surface area contributed by atoms with E-state index < -0.39 is 0 Å². The smallest absolute Gasteiger partial charge is 0.136 e. The van der Waals surface area contributed by atoms with Crippen molar-refractivity contribution in [2.45, 2.75) is 26.8 Å². The predicted octanol–water partition coefficient (Wildman–Crippen LogP) is 3.18. The van der Waals surface area contributed by atoms with Gasteiger partial charge in [0.1, 0.15) is 5.82 Å². The van der Waals surface area contributed by atoms with E-state index in [-0.39, 0.29) is 0 Å². The molecule has 0 amide bonds. The SMILES string of the molecule is CC1CC(C)CN(c2ncc(CN)c3ccccc23)C1. The Labute approximate surface area is 120 Å². The van der Waals surface area contributed by atoms with E-state index in [1.54, 1.807) is 0 Å². The normalized spacial score (nSPS) is 23.2. The monoisotopic (exact) mass is 269 g/mol. The third-order valence-corrected chi connectivity index (χ3v) is 4.24. The molecule has 2 heterocycles. The number of fused-ring (bicyclic) bond motifs is 1. The minimum absolute atomic E-state index is 0.542. The lowest BCUT2D eigenvalue weighted by Gasteiger charge is -2.36. The van der Waals surface area contributed by atoms with Crippen molar-refractivity contribution in [2.24, 2.45) is 17.6 Å². The number of hydrogen-bond donors (Lipinski definition) is 1. The zero-order chi connectivity index (χ0) is 14.1. The highest BCUT2D eigenvalue weighted by Crippen LogP contribution is 2.31. The van der Waals surface area contributed by atoms with Crippen LogP contribution in [0.4, 0.5) is 5.82 Å². The largest absolute Gasteiger partial charge is 0.356 e. The summed E-state index contributed by atoms with van der Waals surface area (Å²) in [5.74, 6) is 2.58. The van der Waals surface area contributed by atoms with Crippen LogP contribution in [0.5, 0.6) is 0 Å². The number of anilines is 1. The van der Waals surface area contributed by atoms with E-state index in [0.717, 1.165) is 36.3 Å². The summed E-state index contributed by atoms with van der Waals surface area (Å²) in [6, 6.07) is 8.48. The molecule has 3 heteroatoms. The zero-order valence-corrected chi connectivity index (χ0v) is 12.3. The van der Waals surface area contributed by atoms with E-state index in [9.17, 15) is 0 Å². The van der Waals surface area contributed by atoms with Gasteiger partial charge < -0.3 is 10.6 Å². The first-order valence-corrected chi connectivity index (χ1v) is 7.50. The van der Waals surface area contributed by atoms with Crippen LogP contribution in [0.2, 0.25) is 0 Å². The van der Waals surface area contributed by atoms with E-state index in [2.05, 4.69) is 43.0 Å². The first-order valence-electron chi connectivity index (χ1n) is 7.50. The van der Waals surface area contributed by atoms with E-state index in [1.165, 1.54) is 17.2 Å². The van der Waals surface area contributed by atoms with Gasteiger partial charge >= 0.3 is 0 Å². The summed E-state index contributed by atoms with van der Waals surface area (Å²) < 4.78 is 0. The molecule has 1 fully saturated rings. The molecule has 1 aromatic heterocycles. The Hall–Kier alpha value is -1.61. The highest BCUT2D eigenvalue weighted by atomic mass is 15.2. The number of pyridine rings is 1. The molecule has 2 aromatic rings. The third kappa shape index (κ3) is 2.38. The fraction of sp³-hybridized carbons (Fsp3) is 0.471. The Morgan fingerprint density at radius 2 is 1.80 bits per heavy atom. The van der Waals surface area contributed by atoms with Crippen molar-refractivity contribution in [3.05, 3.63) is 36.0 Å². The Bertz CT molecular complexity index is 598. The average molecular weight is 269 g/mol. The summed E-state index contributed by atoms with van der Waals surface area (Å²) >= 11 is 0. The molecule has 2 N–H and O–H groups in total. The Kier molecular flexibility index (Phi) is 3.62. The lowest BCUT2D eigenvalue weighted by molar-refractivity contribution is 0.356. The van der Waals surface area contributed by atoms with Crippen molar-refractivity contribution in [1.82, 2.24) is 4.98 Å². The Morgan fingerprint density at radius 3 is 2.45 bits per heavy atom. The van der Waals surface area contributed by atoms with Gasteiger partial charge in [-0.25, -0.2) is 4.98 Å². The van der Waals surface area contributed by atoms with Crippen molar-refractivity contribution in [3.63, 3.8) is 0 Å². The zero-order valence-electron chi connectivity index (χ0n) is 12.3. The minimum atomic E-state index is 0.542. The van der Waals surface area contributed by atoms with Crippen LogP contribution >= 0.6 is 0 Å². The second-order valence-corrected chi connectivity index (χ2v) is 6.21. The first-order chi connectivity index (χ1) is 9.69. The van der Waals surface area contributed by atoms with Crippen molar-refractivity contribution >= 4 is 16.6 Å². The highest BCUT2D eigenvalue weighted by molar-refractivity contribution is 5.94. The molecule has 2 unspecified atom stereocenters. The molecule has 0 saturated carbocycles. The topological polar surface area (TPSA) is 42.2 Å². The minimum Gasteiger partial charge on any atom is -0.356 e. The van der Waals surface area contributed by atoms with E-state index in [4.69, 9.17) is 10.7 Å². The van der Waals surface area contributed by atoms with Gasteiger partial charge in [-0.2, -0.15) is 0 Å². The number of piperidine rings is 1. The quantitative estimate of drug-likeness (QED) is 0.910. The van der Waals surface area contributed by atoms with Gasteiger partial charge in [0.25, 0.3) is 0 Å². The molecule has 0 spiro atoms. The van der Waals surface area contributed by atoms with Crippen LogP contribution in [0.3, 0.4) is 0 Å². The van der Waals surface area contributed by atoms with Gasteiger partial charge in [0.2, 0.25) is 0 Å². The maximum atomic E-state index is 5.83. The molecule has 1 aliphatic rings. The molecular formula is C17H23N3. The predicted molar refractivity (Wildman–Crippen MR) is 84.8 cm³/mol. The standard InChI is InChI=1S/C17H23N3/c1-12-7-13(2)11-20(10-12)17-16-6-4-3-5-15(16)14(8-18)9-19-17/h3-6,9,12-13H,7-8,10-11,18H2,1-2H3. The number of benzene rings is 1. The second kappa shape index (κ2) is 5.41. The van der Waals surface area contributed by atoms with Crippen LogP contribution in [-0.4, -0.2) is 18.1 Å². The summed E-state index contributed by atoms with van der Waals surface area (Å²) in [4.78, 5) is 7.16. The summed E-state index contributed by atoms with van der Waals surface area (Å²) in [6.07, 6.45) is 3.26. The molecule has 2 atom stereocenters. The number of hydrogen-bond acceptors (Lipinski definition) is 3. The van der Waals surface area contributed by atoms with Crippen LogP contribution in [0, 0.1) is 11.8 Å². The van der Waals surface area contributed by atoms with Gasteiger partial charge in [0, 0.05) is 31.2 Å². The second-order valence-electron chi connectivity index (χ2n) is 6.21. The fourth-order valence-electron chi connectivity index (χ4n) is 3.49. The molecule has 1 saturated heterocycles. The van der Waals surface area contributed by atoms with Crippen LogP contribution in [0.1, 0.15) is 25.8 Å². The molecule has 0 bridgehead atoms. The summed E-state index contributed by atoms with van der Waals surface area (Å²) in [6.45, 7) is 7.41. The van der Waals surface area contributed by atoms with Crippen molar-refractivity contribution in [1.29, 1.82) is 0 Å². The number of rotatable bonds is 2. The van der Waals surface area contributed by atoms with Crippen molar-refractivity contribution in [3.8, 4) is 0 Å². The molecule has 1 aliphatic heterocycles. The molecule has 3 rings (SSSR count). The van der Waals surface area contributed by atoms with Gasteiger partial charge in [0.15, 0.2) is 0 Å². The molecule has 20 heavy (non-hydrogen) atoms. The number of aromatic nitrogens is 1. The van der Waals surface area contributed by atoms with Gasteiger partial charge in [0.05, 0.1) is 0 Å². The maximum Gasteiger partial charge on any atom is 0.136 e. The average Bonchev–Trinajstić information content (AvgIpc) is 2.45. The van der Waals surface area contributed by atoms with Crippen LogP contribution < -0.4 is 10.6 Å². The lowest BCUT2D eigenvalue weighted by atomic mass is 9.91. The van der Waals surface area contributed by atoms with E-state index >= 15 is 0 Å². The van der Waals surface area contributed by atoms with Crippen molar-refractivity contribution in [2.75, 3.05) is 18.0 Å². The van der Waals surface area contributed by atoms with Gasteiger partial charge in [-0.1, -0.05) is 38.1 Å². The highest BCUT2D eigenvalue weighted by Gasteiger charge is 2.24. The molecule has 0 aliphatic carbocycles. The molecule has 106 valence electrons. The molecule has 1 aromatic carbocycles. The Balaban J connectivity index is 2.08. The Morgan fingerprint density at radius 1 is 1.15 bits per heavy atom. The lowest BCUT2D eigenvalue weighted by Crippen LogP contribution is -2.39. The van der Waals surface area contributed by atoms with Gasteiger partial charge in [-0.3, -0.25) is 0 Å². The van der Waals surface area contributed by atoms with E-state index in [1.807, 2.05) is 6.20 Å². The summed E-state index contributed by atoms with van der Waals surface area (Å²) in [5, 5.41) is 2.47.